The lowest BCUT2D eigenvalue weighted by Crippen LogP contribution is -2.33. The van der Waals surface area contributed by atoms with Gasteiger partial charge in [0.1, 0.15) is 0 Å². The van der Waals surface area contributed by atoms with Gasteiger partial charge in [-0.15, -0.1) is 0 Å². The third-order valence-electron chi connectivity index (χ3n) is 2.04. The normalized spacial score (nSPS) is 12.9. The largest absolute Gasteiger partial charge is 0.440 e. The Morgan fingerprint density at radius 1 is 1.33 bits per heavy atom. The van der Waals surface area contributed by atoms with Gasteiger partial charge in [-0.05, 0) is 5.56 Å². The first-order chi connectivity index (χ1) is 8.42. The van der Waals surface area contributed by atoms with E-state index in [4.69, 9.17) is 5.11 Å². The zero-order valence-corrected chi connectivity index (χ0v) is 9.28. The number of rotatable bonds is 4. The van der Waals surface area contributed by atoms with Crippen LogP contribution in [-0.4, -0.2) is 30.6 Å². The van der Waals surface area contributed by atoms with Crippen molar-refractivity contribution in [1.29, 1.82) is 0 Å². The van der Waals surface area contributed by atoms with Crippen LogP contribution in [0.5, 0.6) is 0 Å². The summed E-state index contributed by atoms with van der Waals surface area (Å²) in [5.74, 6) is 0. The first-order valence-corrected chi connectivity index (χ1v) is 5.08. The molecule has 0 aliphatic carbocycles. The SMILES string of the molecule is O=C(N[C@@H](CO)c1ccccc1)OCC(F)(F)F. The van der Waals surface area contributed by atoms with Crippen LogP contribution < -0.4 is 5.32 Å². The Kier molecular flexibility index (Phi) is 4.96. The van der Waals surface area contributed by atoms with Crippen molar-refractivity contribution in [2.24, 2.45) is 0 Å². The number of carbonyl (C=O) groups excluding carboxylic acids is 1. The Bertz CT molecular complexity index is 381. The number of hydrogen-bond donors (Lipinski definition) is 2. The molecule has 0 unspecified atom stereocenters. The predicted octanol–water partition coefficient (Wildman–Crippen LogP) is 2.01. The number of aliphatic hydroxyl groups is 1. The van der Waals surface area contributed by atoms with Crippen LogP contribution in [0, 0.1) is 0 Å². The van der Waals surface area contributed by atoms with Gasteiger partial charge in [-0.3, -0.25) is 0 Å². The summed E-state index contributed by atoms with van der Waals surface area (Å²) in [6, 6.07) is 7.56. The maximum Gasteiger partial charge on any atom is 0.422 e. The zero-order valence-electron chi connectivity index (χ0n) is 9.28. The standard InChI is InChI=1S/C11H12F3NO3/c12-11(13,14)7-18-10(17)15-9(6-16)8-4-2-1-3-5-8/h1-5,9,16H,6-7H2,(H,15,17)/t9-/m0/s1. The molecular weight excluding hydrogens is 251 g/mol. The number of alkyl halides is 3. The van der Waals surface area contributed by atoms with E-state index in [9.17, 15) is 18.0 Å². The maximum absolute atomic E-state index is 11.8. The van der Waals surface area contributed by atoms with Crippen LogP contribution in [0.3, 0.4) is 0 Å². The third-order valence-corrected chi connectivity index (χ3v) is 2.04. The van der Waals surface area contributed by atoms with Gasteiger partial charge in [0.05, 0.1) is 12.6 Å². The number of aliphatic hydroxyl groups excluding tert-OH is 1. The number of benzene rings is 1. The molecule has 0 bridgehead atoms. The number of hydrogen-bond acceptors (Lipinski definition) is 3. The monoisotopic (exact) mass is 263 g/mol. The van der Waals surface area contributed by atoms with Gasteiger partial charge >= 0.3 is 12.3 Å². The average molecular weight is 263 g/mol. The van der Waals surface area contributed by atoms with Gasteiger partial charge in [0.15, 0.2) is 6.61 Å². The molecule has 0 saturated carbocycles. The Hall–Kier alpha value is -1.76. The van der Waals surface area contributed by atoms with E-state index in [1.54, 1.807) is 30.3 Å². The van der Waals surface area contributed by atoms with Crippen LogP contribution in [0.1, 0.15) is 11.6 Å². The molecule has 0 spiro atoms. The first kappa shape index (κ1) is 14.3. The highest BCUT2D eigenvalue weighted by molar-refractivity contribution is 5.67. The fourth-order valence-electron chi connectivity index (χ4n) is 1.25. The average Bonchev–Trinajstić information content (AvgIpc) is 2.33. The molecule has 1 atom stereocenters. The summed E-state index contributed by atoms with van der Waals surface area (Å²) in [4.78, 5) is 11.1. The molecule has 0 fully saturated rings. The summed E-state index contributed by atoms with van der Waals surface area (Å²) >= 11 is 0. The van der Waals surface area contributed by atoms with E-state index >= 15 is 0 Å². The molecule has 0 radical (unpaired) electrons. The molecular formula is C11H12F3NO3. The molecule has 4 nitrogen and oxygen atoms in total. The smallest absolute Gasteiger partial charge is 0.422 e. The highest BCUT2D eigenvalue weighted by Crippen LogP contribution is 2.15. The highest BCUT2D eigenvalue weighted by atomic mass is 19.4. The molecule has 7 heteroatoms. The summed E-state index contributed by atoms with van der Waals surface area (Å²) in [5.41, 5.74) is 0.573. The Morgan fingerprint density at radius 2 is 1.94 bits per heavy atom. The quantitative estimate of drug-likeness (QED) is 0.873. The van der Waals surface area contributed by atoms with Crippen LogP contribution >= 0.6 is 0 Å². The fourth-order valence-corrected chi connectivity index (χ4v) is 1.25. The van der Waals surface area contributed by atoms with Gasteiger partial charge in [0.2, 0.25) is 0 Å². The van der Waals surface area contributed by atoms with E-state index in [0.717, 1.165) is 0 Å². The summed E-state index contributed by atoms with van der Waals surface area (Å²) in [7, 11) is 0. The zero-order chi connectivity index (χ0) is 13.6. The first-order valence-electron chi connectivity index (χ1n) is 5.08. The molecule has 0 aliphatic heterocycles. The molecule has 0 saturated heterocycles. The lowest BCUT2D eigenvalue weighted by Gasteiger charge is -2.17. The van der Waals surface area contributed by atoms with Crippen LogP contribution in [0.25, 0.3) is 0 Å². The molecule has 0 heterocycles. The molecule has 18 heavy (non-hydrogen) atoms. The van der Waals surface area contributed by atoms with Crippen molar-refractivity contribution >= 4 is 6.09 Å². The summed E-state index contributed by atoms with van der Waals surface area (Å²) in [5, 5.41) is 11.2. The van der Waals surface area contributed by atoms with Gasteiger partial charge in [-0.2, -0.15) is 13.2 Å². The maximum atomic E-state index is 11.8. The minimum atomic E-state index is -4.57. The van der Waals surface area contributed by atoms with Crippen LogP contribution in [0.15, 0.2) is 30.3 Å². The van der Waals surface area contributed by atoms with E-state index in [-0.39, 0.29) is 0 Å². The van der Waals surface area contributed by atoms with Crippen LogP contribution in [0.4, 0.5) is 18.0 Å². The minimum Gasteiger partial charge on any atom is -0.440 e. The van der Waals surface area contributed by atoms with Crippen LogP contribution in [-0.2, 0) is 4.74 Å². The van der Waals surface area contributed by atoms with Crippen LogP contribution in [0.2, 0.25) is 0 Å². The van der Waals surface area contributed by atoms with Gasteiger partial charge in [0, 0.05) is 0 Å². The van der Waals surface area contributed by atoms with E-state index < -0.39 is 31.5 Å². The number of nitrogens with one attached hydrogen (secondary N) is 1. The van der Waals surface area contributed by atoms with E-state index in [1.807, 2.05) is 0 Å². The van der Waals surface area contributed by atoms with Gasteiger partial charge in [-0.1, -0.05) is 30.3 Å². The lowest BCUT2D eigenvalue weighted by molar-refractivity contribution is -0.160. The van der Waals surface area contributed by atoms with Gasteiger partial charge < -0.3 is 15.2 Å². The minimum absolute atomic E-state index is 0.439. The highest BCUT2D eigenvalue weighted by Gasteiger charge is 2.30. The van der Waals surface area contributed by atoms with Gasteiger partial charge in [-0.25, -0.2) is 4.79 Å². The predicted molar refractivity (Wildman–Crippen MR) is 56.8 cm³/mol. The number of amides is 1. The molecule has 1 aromatic rings. The van der Waals surface area contributed by atoms with Crippen molar-refractivity contribution in [2.75, 3.05) is 13.2 Å². The lowest BCUT2D eigenvalue weighted by atomic mass is 10.1. The van der Waals surface area contributed by atoms with E-state index in [0.29, 0.717) is 5.56 Å². The Morgan fingerprint density at radius 3 is 2.44 bits per heavy atom. The van der Waals surface area contributed by atoms with Crippen molar-refractivity contribution < 1.29 is 27.8 Å². The van der Waals surface area contributed by atoms with Gasteiger partial charge in [0.25, 0.3) is 0 Å². The second-order valence-electron chi connectivity index (χ2n) is 3.48. The summed E-state index contributed by atoms with van der Waals surface area (Å²) in [6.45, 7) is -2.10. The third kappa shape index (κ3) is 5.05. The number of ether oxygens (including phenoxy) is 1. The molecule has 100 valence electrons. The van der Waals surface area contributed by atoms with Crippen molar-refractivity contribution in [1.82, 2.24) is 5.32 Å². The number of halogens is 3. The number of alkyl carbamates (subject to hydrolysis) is 1. The van der Waals surface area contributed by atoms with E-state index in [1.165, 1.54) is 0 Å². The molecule has 1 amide bonds. The molecule has 0 aliphatic rings. The summed E-state index contributed by atoms with van der Waals surface area (Å²) in [6.07, 6.45) is -5.80. The Balaban J connectivity index is 2.51. The summed E-state index contributed by atoms with van der Waals surface area (Å²) < 4.78 is 39.4. The molecule has 1 aromatic carbocycles. The number of carbonyl (C=O) groups is 1. The van der Waals surface area contributed by atoms with E-state index in [2.05, 4.69) is 10.1 Å². The Labute approximate surface area is 101 Å². The van der Waals surface area contributed by atoms with Crippen molar-refractivity contribution in [3.8, 4) is 0 Å². The van der Waals surface area contributed by atoms with Crippen molar-refractivity contribution in [2.45, 2.75) is 12.2 Å². The molecule has 1 rings (SSSR count). The van der Waals surface area contributed by atoms with Crippen molar-refractivity contribution in [3.63, 3.8) is 0 Å². The van der Waals surface area contributed by atoms with Crippen molar-refractivity contribution in [3.05, 3.63) is 35.9 Å². The fraction of sp³-hybridized carbons (Fsp3) is 0.364. The molecule has 2 N–H and O–H groups in total. The topological polar surface area (TPSA) is 58.6 Å². The second kappa shape index (κ2) is 6.25. The molecule has 0 aromatic heterocycles. The second-order valence-corrected chi connectivity index (χ2v) is 3.48.